The molecule has 0 aliphatic rings. The first-order chi connectivity index (χ1) is 4.70. The summed E-state index contributed by atoms with van der Waals surface area (Å²) in [5, 5.41) is 7.77. The predicted octanol–water partition coefficient (Wildman–Crippen LogP) is 1.59. The molecule has 0 unspecified atom stereocenters. The molecule has 3 nitrogen and oxygen atoms in total. The highest BCUT2D eigenvalue weighted by Crippen LogP contribution is 2.05. The summed E-state index contributed by atoms with van der Waals surface area (Å²) in [4.78, 5) is 0. The van der Waals surface area contributed by atoms with Gasteiger partial charge in [0.15, 0.2) is 0 Å². The van der Waals surface area contributed by atoms with Gasteiger partial charge in [-0.15, -0.1) is 10.2 Å². The van der Waals surface area contributed by atoms with Crippen LogP contribution in [-0.4, -0.2) is 14.8 Å². The Morgan fingerprint density at radius 1 is 1.70 bits per heavy atom. The van der Waals surface area contributed by atoms with Gasteiger partial charge in [-0.25, -0.2) is 0 Å². The van der Waals surface area contributed by atoms with E-state index in [1.807, 2.05) is 4.57 Å². The molecule has 0 N–H and O–H groups in total. The van der Waals surface area contributed by atoms with Gasteiger partial charge < -0.3 is 4.57 Å². The fourth-order valence-electron chi connectivity index (χ4n) is 0.757. The van der Waals surface area contributed by atoms with Crippen LogP contribution < -0.4 is 0 Å². The number of nitrogens with zero attached hydrogens (tertiary/aromatic N) is 3. The first-order valence-electron chi connectivity index (χ1n) is 3.23. The fourth-order valence-corrected chi connectivity index (χ4v) is 0.913. The molecule has 1 aromatic heterocycles. The zero-order valence-electron chi connectivity index (χ0n) is 6.08. The quantitative estimate of drug-likeness (QED) is 0.656. The standard InChI is InChI=1S/C6H10ClN3/c1-5(2)3-10-4-8-9-6(10)7/h4-5H,3H2,1-2H3. The minimum absolute atomic E-state index is 0.466. The molecule has 0 fully saturated rings. The van der Waals surface area contributed by atoms with Crippen LogP contribution in [0, 0.1) is 5.92 Å². The summed E-state index contributed by atoms with van der Waals surface area (Å²) >= 11 is 5.67. The van der Waals surface area contributed by atoms with Crippen molar-refractivity contribution in [2.45, 2.75) is 20.4 Å². The van der Waals surface area contributed by atoms with Gasteiger partial charge in [0.05, 0.1) is 0 Å². The number of rotatable bonds is 2. The first kappa shape index (κ1) is 7.54. The first-order valence-corrected chi connectivity index (χ1v) is 3.61. The Morgan fingerprint density at radius 2 is 2.40 bits per heavy atom. The largest absolute Gasteiger partial charge is 0.304 e. The van der Waals surface area contributed by atoms with E-state index in [2.05, 4.69) is 24.0 Å². The SMILES string of the molecule is CC(C)Cn1cnnc1Cl. The second kappa shape index (κ2) is 3.01. The molecule has 1 rings (SSSR count). The molecule has 1 heterocycles. The van der Waals surface area contributed by atoms with E-state index in [1.165, 1.54) is 0 Å². The minimum Gasteiger partial charge on any atom is -0.304 e. The van der Waals surface area contributed by atoms with Crippen molar-refractivity contribution in [3.63, 3.8) is 0 Å². The van der Waals surface area contributed by atoms with Gasteiger partial charge in [-0.1, -0.05) is 13.8 Å². The van der Waals surface area contributed by atoms with Crippen molar-refractivity contribution < 1.29 is 0 Å². The average molecular weight is 160 g/mol. The monoisotopic (exact) mass is 159 g/mol. The van der Waals surface area contributed by atoms with E-state index < -0.39 is 0 Å². The molecule has 56 valence electrons. The molecule has 0 saturated heterocycles. The van der Waals surface area contributed by atoms with Gasteiger partial charge >= 0.3 is 0 Å². The van der Waals surface area contributed by atoms with E-state index in [-0.39, 0.29) is 0 Å². The fraction of sp³-hybridized carbons (Fsp3) is 0.667. The molecule has 0 spiro atoms. The highest BCUT2D eigenvalue weighted by atomic mass is 35.5. The molecule has 0 radical (unpaired) electrons. The lowest BCUT2D eigenvalue weighted by molar-refractivity contribution is 0.522. The molecule has 0 aliphatic carbocycles. The van der Waals surface area contributed by atoms with Gasteiger partial charge in [0.2, 0.25) is 5.28 Å². The van der Waals surface area contributed by atoms with E-state index >= 15 is 0 Å². The molecular weight excluding hydrogens is 150 g/mol. The van der Waals surface area contributed by atoms with Gasteiger partial charge in [0.1, 0.15) is 6.33 Å². The zero-order valence-corrected chi connectivity index (χ0v) is 6.84. The van der Waals surface area contributed by atoms with Crippen LogP contribution in [0.4, 0.5) is 0 Å². The summed E-state index contributed by atoms with van der Waals surface area (Å²) in [5.41, 5.74) is 0. The normalized spacial score (nSPS) is 10.8. The lowest BCUT2D eigenvalue weighted by Gasteiger charge is -2.04. The highest BCUT2D eigenvalue weighted by Gasteiger charge is 2.00. The lowest BCUT2D eigenvalue weighted by Crippen LogP contribution is -2.02. The van der Waals surface area contributed by atoms with Crippen molar-refractivity contribution in [3.8, 4) is 0 Å². The third kappa shape index (κ3) is 1.70. The van der Waals surface area contributed by atoms with Crippen LogP contribution in [0.1, 0.15) is 13.8 Å². The van der Waals surface area contributed by atoms with Gasteiger partial charge in [0.25, 0.3) is 0 Å². The molecule has 0 saturated carbocycles. The van der Waals surface area contributed by atoms with Gasteiger partial charge in [-0.2, -0.15) is 0 Å². The Kier molecular flexibility index (Phi) is 2.27. The smallest absolute Gasteiger partial charge is 0.224 e. The van der Waals surface area contributed by atoms with Gasteiger partial charge in [-0.05, 0) is 17.5 Å². The van der Waals surface area contributed by atoms with E-state index in [1.54, 1.807) is 6.33 Å². The minimum atomic E-state index is 0.466. The molecule has 0 amide bonds. The van der Waals surface area contributed by atoms with E-state index in [4.69, 9.17) is 11.6 Å². The maximum absolute atomic E-state index is 5.67. The van der Waals surface area contributed by atoms with Crippen molar-refractivity contribution in [1.29, 1.82) is 0 Å². The third-order valence-corrected chi connectivity index (χ3v) is 1.42. The molecule has 0 aromatic carbocycles. The molecule has 0 bridgehead atoms. The van der Waals surface area contributed by atoms with Crippen molar-refractivity contribution in [1.82, 2.24) is 14.8 Å². The molecule has 10 heavy (non-hydrogen) atoms. The van der Waals surface area contributed by atoms with Crippen molar-refractivity contribution in [2.24, 2.45) is 5.92 Å². The van der Waals surface area contributed by atoms with E-state index in [0.717, 1.165) is 6.54 Å². The summed E-state index contributed by atoms with van der Waals surface area (Å²) < 4.78 is 1.83. The molecule has 0 atom stereocenters. The summed E-state index contributed by atoms with van der Waals surface area (Å²) in [6.45, 7) is 5.12. The molecular formula is C6H10ClN3. The van der Waals surface area contributed by atoms with Gasteiger partial charge in [0, 0.05) is 6.54 Å². The Hall–Kier alpha value is -0.570. The zero-order chi connectivity index (χ0) is 7.56. The summed E-state index contributed by atoms with van der Waals surface area (Å²) in [6, 6.07) is 0. The maximum atomic E-state index is 5.67. The third-order valence-electron chi connectivity index (χ3n) is 1.13. The van der Waals surface area contributed by atoms with Crippen LogP contribution in [0.3, 0.4) is 0 Å². The summed E-state index contributed by atoms with van der Waals surface area (Å²) in [6.07, 6.45) is 1.64. The Bertz CT molecular complexity index is 207. The predicted molar refractivity (Wildman–Crippen MR) is 39.9 cm³/mol. The molecule has 0 aliphatic heterocycles. The second-order valence-corrected chi connectivity index (χ2v) is 2.98. The Labute approximate surface area is 65.0 Å². The Morgan fingerprint density at radius 3 is 2.80 bits per heavy atom. The van der Waals surface area contributed by atoms with Crippen LogP contribution in [0.25, 0.3) is 0 Å². The maximum Gasteiger partial charge on any atom is 0.224 e. The second-order valence-electron chi connectivity index (χ2n) is 2.65. The summed E-state index contributed by atoms with van der Waals surface area (Å²) in [7, 11) is 0. The van der Waals surface area contributed by atoms with E-state index in [0.29, 0.717) is 11.2 Å². The van der Waals surface area contributed by atoms with Crippen molar-refractivity contribution in [3.05, 3.63) is 11.6 Å². The topological polar surface area (TPSA) is 30.7 Å². The van der Waals surface area contributed by atoms with Crippen LogP contribution in [0.2, 0.25) is 5.28 Å². The van der Waals surface area contributed by atoms with Crippen LogP contribution in [0.15, 0.2) is 6.33 Å². The number of hydrogen-bond acceptors (Lipinski definition) is 2. The van der Waals surface area contributed by atoms with Crippen LogP contribution >= 0.6 is 11.6 Å². The van der Waals surface area contributed by atoms with Gasteiger partial charge in [-0.3, -0.25) is 0 Å². The molecule has 4 heteroatoms. The number of halogens is 1. The van der Waals surface area contributed by atoms with Crippen LogP contribution in [-0.2, 0) is 6.54 Å². The number of hydrogen-bond donors (Lipinski definition) is 0. The highest BCUT2D eigenvalue weighted by molar-refractivity contribution is 6.28. The lowest BCUT2D eigenvalue weighted by atomic mass is 10.2. The van der Waals surface area contributed by atoms with E-state index in [9.17, 15) is 0 Å². The van der Waals surface area contributed by atoms with Crippen molar-refractivity contribution >= 4 is 11.6 Å². The summed E-state index contributed by atoms with van der Waals surface area (Å²) in [5.74, 6) is 0.577. The van der Waals surface area contributed by atoms with Crippen molar-refractivity contribution in [2.75, 3.05) is 0 Å². The molecule has 1 aromatic rings. The Balaban J connectivity index is 2.65. The number of aromatic nitrogens is 3. The van der Waals surface area contributed by atoms with Crippen LogP contribution in [0.5, 0.6) is 0 Å². The average Bonchev–Trinajstić information content (AvgIpc) is 2.15.